The van der Waals surface area contributed by atoms with Gasteiger partial charge in [-0.25, -0.2) is 4.57 Å². The van der Waals surface area contributed by atoms with E-state index in [1.807, 2.05) is 25.1 Å². The number of aryl methyl sites for hydroxylation is 4. The van der Waals surface area contributed by atoms with E-state index < -0.39 is 17.7 Å². The molecule has 33 heavy (non-hydrogen) atoms. The smallest absolute Gasteiger partial charge is 0.225 e. The first-order valence-electron chi connectivity index (χ1n) is 13.3. The van der Waals surface area contributed by atoms with Crippen molar-refractivity contribution in [1.29, 1.82) is 0 Å². The maximum absolute atomic E-state index is 8.94. The summed E-state index contributed by atoms with van der Waals surface area (Å²) in [5.74, 6) is 0. The van der Waals surface area contributed by atoms with Crippen molar-refractivity contribution in [3.63, 3.8) is 0 Å². The van der Waals surface area contributed by atoms with E-state index in [4.69, 9.17) is 4.11 Å². The van der Waals surface area contributed by atoms with Crippen LogP contribution in [0.25, 0.3) is 38.6 Å². The fraction of sp³-hybridized carbons (Fsp3) is 0.323. The molecule has 5 aromatic rings. The first kappa shape index (κ1) is 17.4. The Hall–Kier alpha value is -3.13. The third-order valence-electron chi connectivity index (χ3n) is 8.60. The van der Waals surface area contributed by atoms with E-state index in [9.17, 15) is 0 Å². The summed E-state index contributed by atoms with van der Waals surface area (Å²) in [5.41, 5.74) is 8.09. The van der Waals surface area contributed by atoms with Crippen LogP contribution >= 0.6 is 0 Å². The molecule has 1 aliphatic rings. The van der Waals surface area contributed by atoms with Gasteiger partial charge in [0.25, 0.3) is 5.65 Å². The van der Waals surface area contributed by atoms with E-state index in [0.717, 1.165) is 33.7 Å². The van der Waals surface area contributed by atoms with Gasteiger partial charge < -0.3 is 0 Å². The zero-order chi connectivity index (χ0) is 25.9. The number of aromatic nitrogens is 2. The lowest BCUT2D eigenvalue weighted by Crippen LogP contribution is -2.44. The van der Waals surface area contributed by atoms with Gasteiger partial charge in [-0.15, -0.1) is 0 Å². The van der Waals surface area contributed by atoms with Gasteiger partial charge in [0.15, 0.2) is 11.4 Å². The van der Waals surface area contributed by atoms with Gasteiger partial charge in [0, 0.05) is 36.8 Å². The average Bonchev–Trinajstić information content (AvgIpc) is 3.13. The molecule has 0 radical (unpaired) electrons. The van der Waals surface area contributed by atoms with Crippen LogP contribution in [0.2, 0.25) is 0 Å². The molecular formula is C31H33N2+. The summed E-state index contributed by atoms with van der Waals surface area (Å²) < 4.78 is 31.4. The molecule has 2 nitrogen and oxygen atoms in total. The summed E-state index contributed by atoms with van der Waals surface area (Å²) in [4.78, 5) is 0. The monoisotopic (exact) mass is 436 g/mol. The zero-order valence-corrected chi connectivity index (χ0v) is 20.6. The molecule has 0 bridgehead atoms. The van der Waals surface area contributed by atoms with E-state index in [0.29, 0.717) is 0 Å². The minimum atomic E-state index is -2.23. The standard InChI is InChI=1S/C31H33N2/c1-18-14-16-22-24-19(2)15-17-23-27(24)33-28(31(6,7)30(23,4)5)26(21-12-10-9-11-13-21)32(8)29(33)25(22)20(18)3/h9-17H,1-8H3/q+1/i6D3. The second-order valence-corrected chi connectivity index (χ2v) is 10.6. The van der Waals surface area contributed by atoms with Gasteiger partial charge in [0.1, 0.15) is 5.52 Å². The quantitative estimate of drug-likeness (QED) is 0.193. The molecule has 1 atom stereocenters. The normalized spacial score (nSPS) is 21.0. The van der Waals surface area contributed by atoms with Crippen molar-refractivity contribution in [2.75, 3.05) is 0 Å². The van der Waals surface area contributed by atoms with Gasteiger partial charge in [-0.1, -0.05) is 82.2 Å². The average molecular weight is 437 g/mol. The van der Waals surface area contributed by atoms with Crippen LogP contribution in [0, 0.1) is 20.8 Å². The van der Waals surface area contributed by atoms with E-state index >= 15 is 0 Å². The number of fused-ring (bicyclic) bond motifs is 3. The number of imidazole rings is 1. The maximum atomic E-state index is 8.94. The lowest BCUT2D eigenvalue weighted by molar-refractivity contribution is -0.632. The minimum absolute atomic E-state index is 0.643. The molecule has 6 rings (SSSR count). The van der Waals surface area contributed by atoms with Crippen molar-refractivity contribution in [3.05, 3.63) is 82.5 Å². The number of pyridine rings is 1. The van der Waals surface area contributed by atoms with Crippen LogP contribution < -0.4 is 4.57 Å². The molecule has 1 aliphatic heterocycles. The summed E-state index contributed by atoms with van der Waals surface area (Å²) in [7, 11) is 2.10. The van der Waals surface area contributed by atoms with Crippen LogP contribution in [-0.4, -0.2) is 4.40 Å². The molecule has 166 valence electrons. The SMILES string of the molecule is [2H]C([2H])([2H])C1(C)c2c(-c3ccccc3)[n+](C)c3c4c(C)c(C)ccc4c4c(C)ccc(c4n23)C1(C)C. The molecule has 1 unspecified atom stereocenters. The lowest BCUT2D eigenvalue weighted by Gasteiger charge is -2.43. The van der Waals surface area contributed by atoms with Gasteiger partial charge in [-0.3, -0.25) is 0 Å². The summed E-state index contributed by atoms with van der Waals surface area (Å²) >= 11 is 0. The van der Waals surface area contributed by atoms with E-state index in [-0.39, 0.29) is 0 Å². The number of benzene rings is 3. The second-order valence-electron chi connectivity index (χ2n) is 10.6. The predicted molar refractivity (Wildman–Crippen MR) is 139 cm³/mol. The molecule has 0 aliphatic carbocycles. The maximum Gasteiger partial charge on any atom is 0.295 e. The Balaban J connectivity index is 2.07. The molecule has 0 amide bonds. The van der Waals surface area contributed by atoms with E-state index in [2.05, 4.69) is 87.0 Å². The number of hydrogen-bond donors (Lipinski definition) is 0. The zero-order valence-electron chi connectivity index (χ0n) is 23.6. The molecular weight excluding hydrogens is 400 g/mol. The number of nitrogens with zero attached hydrogens (tertiary/aromatic N) is 2. The van der Waals surface area contributed by atoms with Crippen molar-refractivity contribution < 1.29 is 8.68 Å². The van der Waals surface area contributed by atoms with Crippen LogP contribution in [0.3, 0.4) is 0 Å². The predicted octanol–water partition coefficient (Wildman–Crippen LogP) is 7.23. The molecule has 0 saturated heterocycles. The molecule has 2 aromatic heterocycles. The lowest BCUT2D eigenvalue weighted by atomic mass is 9.60. The highest BCUT2D eigenvalue weighted by molar-refractivity contribution is 6.15. The Morgan fingerprint density at radius 3 is 2.21 bits per heavy atom. The number of hydrogen-bond acceptors (Lipinski definition) is 0. The Morgan fingerprint density at radius 2 is 1.52 bits per heavy atom. The largest absolute Gasteiger partial charge is 0.295 e. The van der Waals surface area contributed by atoms with Gasteiger partial charge in [0.2, 0.25) is 0 Å². The van der Waals surface area contributed by atoms with Gasteiger partial charge in [0.05, 0.1) is 12.4 Å². The molecule has 3 heterocycles. The van der Waals surface area contributed by atoms with E-state index in [1.54, 1.807) is 0 Å². The highest BCUT2D eigenvalue weighted by atomic mass is 15.1. The highest BCUT2D eigenvalue weighted by Crippen LogP contribution is 2.53. The minimum Gasteiger partial charge on any atom is -0.225 e. The van der Waals surface area contributed by atoms with Gasteiger partial charge in [-0.05, 0) is 37.5 Å². The van der Waals surface area contributed by atoms with Crippen molar-refractivity contribution in [1.82, 2.24) is 4.40 Å². The third kappa shape index (κ3) is 2.27. The van der Waals surface area contributed by atoms with Crippen molar-refractivity contribution in [2.24, 2.45) is 7.05 Å². The number of rotatable bonds is 1. The first-order chi connectivity index (χ1) is 16.8. The highest BCUT2D eigenvalue weighted by Gasteiger charge is 2.52. The molecule has 0 N–H and O–H groups in total. The van der Waals surface area contributed by atoms with Crippen LogP contribution in [-0.2, 0) is 17.9 Å². The summed E-state index contributed by atoms with van der Waals surface area (Å²) in [6.07, 6.45) is 0. The molecule has 2 heteroatoms. The summed E-state index contributed by atoms with van der Waals surface area (Å²) in [6.45, 7) is 10.5. The molecule has 0 saturated carbocycles. The summed E-state index contributed by atoms with van der Waals surface area (Å²) in [5, 5.41) is 3.64. The fourth-order valence-electron chi connectivity index (χ4n) is 6.16. The summed E-state index contributed by atoms with van der Waals surface area (Å²) in [6, 6.07) is 19.1. The molecule has 3 aromatic carbocycles. The Kier molecular flexibility index (Phi) is 3.29. The third-order valence-corrected chi connectivity index (χ3v) is 8.60. The van der Waals surface area contributed by atoms with E-state index in [1.165, 1.54) is 32.8 Å². The van der Waals surface area contributed by atoms with Gasteiger partial charge in [-0.2, -0.15) is 4.40 Å². The molecule has 0 spiro atoms. The van der Waals surface area contributed by atoms with Crippen LogP contribution in [0.4, 0.5) is 0 Å². The van der Waals surface area contributed by atoms with Crippen molar-refractivity contribution in [3.8, 4) is 11.3 Å². The first-order valence-corrected chi connectivity index (χ1v) is 11.8. The second kappa shape index (κ2) is 6.26. The Labute approximate surface area is 200 Å². The molecule has 0 fully saturated rings. The van der Waals surface area contributed by atoms with Crippen molar-refractivity contribution in [2.45, 2.75) is 59.2 Å². The van der Waals surface area contributed by atoms with Gasteiger partial charge >= 0.3 is 0 Å². The van der Waals surface area contributed by atoms with Crippen molar-refractivity contribution >= 4 is 27.3 Å². The van der Waals surface area contributed by atoms with Crippen LogP contribution in [0.15, 0.2) is 54.6 Å². The van der Waals surface area contributed by atoms with Crippen LogP contribution in [0.5, 0.6) is 0 Å². The Bertz CT molecular complexity index is 1740. The Morgan fingerprint density at radius 1 is 0.818 bits per heavy atom. The van der Waals surface area contributed by atoms with Crippen LogP contribution in [0.1, 0.15) is 59.7 Å². The topological polar surface area (TPSA) is 8.29 Å². The fourth-order valence-corrected chi connectivity index (χ4v) is 6.16.